The average Bonchev–Trinajstić information content (AvgIpc) is 1.80. The predicted molar refractivity (Wildman–Crippen MR) is 352 cm³/mol. The number of aliphatic hydroxyl groups is 1. The summed E-state index contributed by atoms with van der Waals surface area (Å²) < 4.78 is 11.0. The molecule has 9 atom stereocenters. The molecule has 0 bridgehead atoms. The maximum atomic E-state index is 14.6. The molecule has 2 unspecified atom stereocenters. The molecule has 0 spiro atoms. The first kappa shape index (κ1) is 88.8. The summed E-state index contributed by atoms with van der Waals surface area (Å²) in [6, 6.07) is -1.30. The molecule has 0 radical (unpaired) electrons. The first-order chi connectivity index (χ1) is 46.0. The zero-order valence-electron chi connectivity index (χ0n) is 55.2. The maximum absolute atomic E-state index is 14.6. The minimum Gasteiger partial charge on any atom is -0.508 e. The van der Waals surface area contributed by atoms with Gasteiger partial charge in [-0.25, -0.2) is 0 Å². The molecule has 2 aliphatic heterocycles. The van der Waals surface area contributed by atoms with Crippen LogP contribution in [0.15, 0.2) is 48.5 Å². The number of phenolic OH excluding ortho intramolecular Hbond substituents is 2. The molecule has 12 amide bonds. The van der Waals surface area contributed by atoms with Gasteiger partial charge in [0.25, 0.3) is 0 Å². The van der Waals surface area contributed by atoms with Crippen molar-refractivity contribution < 1.29 is 177 Å². The zero-order valence-corrected chi connectivity index (χ0v) is 61.4. The number of aromatic hydroxyl groups is 2. The molecule has 37 heteroatoms. The number of aliphatic hydroxyl groups excluding tert-OH is 1. The summed E-state index contributed by atoms with van der Waals surface area (Å²) in [6.45, 7) is 12.4. The van der Waals surface area contributed by atoms with E-state index in [0.717, 1.165) is 28.5 Å². The average molecular weight is 1720 g/mol. The summed E-state index contributed by atoms with van der Waals surface area (Å²) in [6.07, 6.45) is -2.79. The number of carbonyl (C=O) groups is 14. The second kappa shape index (κ2) is 47.0. The Labute approximate surface area is 645 Å². The van der Waals surface area contributed by atoms with Gasteiger partial charge < -0.3 is 117 Å². The monoisotopic (exact) mass is 1720 g/mol. The van der Waals surface area contributed by atoms with Crippen LogP contribution in [0.2, 0.25) is 0 Å². The number of ether oxygens (including phenoxy) is 2. The molecule has 552 valence electrons. The second-order valence-corrected chi connectivity index (χ2v) is 25.8. The topological polar surface area (TPSA) is 477 Å². The van der Waals surface area contributed by atoms with Crippen LogP contribution in [-0.2, 0) is 89.4 Å². The van der Waals surface area contributed by atoms with Crippen molar-refractivity contribution in [3.05, 3.63) is 73.5 Å². The number of phenols is 2. The van der Waals surface area contributed by atoms with Crippen LogP contribution < -0.4 is 58.5 Å². The number of hydrogen-bond donors (Lipinski definition) is 15. The Hall–Kier alpha value is -6.25. The number of aliphatic carboxylic acids is 1. The van der Waals surface area contributed by atoms with Crippen LogP contribution in [0.3, 0.4) is 0 Å². The summed E-state index contributed by atoms with van der Waals surface area (Å²) in [5.74, 6) is -13.1. The molecule has 2 aliphatic rings. The molecule has 0 aliphatic carbocycles. The van der Waals surface area contributed by atoms with Crippen LogP contribution in [0, 0.1) is 99.6 Å². The van der Waals surface area contributed by atoms with E-state index < -0.39 is 151 Å². The standard InChI is InChI=1S/C62H89N13O20S2.2Gd/c1-35(2)26-47(67-53(84)32-95-25-24-94-23-19-65-52(83)31-74(21-17-63-38(5)78)22-18-64-39(6)79)62(93)75-20-7-8-50(75)60(91)72-49-34-97-96-33-48(36(3)76)71-61(92)55(37(4)77)73-51(82)30-66-56(87)44(27-40-9-13-42(80)14-10-40)68-57(88)45(28-41-11-15-43(81)16-12-41)69-58(89)46(29-54(85)86)70-59(49)90;;/h9-16,35,37,44-50,55,77,80-81H,5-8,17-34H2,1-4H3,(H,63,78)(H,64,79)(H,65,83)(H,66,87)(H,67,84)(H,68,88)(H,69,89)(H,70,90)(H,71,92)(H,72,91)(H,73,82)(H,85,86);;/q-2;;/t37?,44-,45-,46-,47?,48-,49-,50-,55-;;/m0../s1. The number of Topliss-reactive ketones (excluding diaryl/α,β-unsaturated/α-hetero) is 1. The number of amides is 12. The van der Waals surface area contributed by atoms with Crippen LogP contribution in [0.1, 0.15) is 64.5 Å². The van der Waals surface area contributed by atoms with E-state index in [1.165, 1.54) is 60.4 Å². The van der Waals surface area contributed by atoms with Gasteiger partial charge in [-0.2, -0.15) is 0 Å². The van der Waals surface area contributed by atoms with E-state index in [4.69, 9.17) is 9.47 Å². The number of carboxylic acid groups (broad SMARTS) is 1. The third-order valence-corrected chi connectivity index (χ3v) is 17.2. The van der Waals surface area contributed by atoms with Crippen LogP contribution in [-0.4, -0.2) is 258 Å². The minimum atomic E-state index is -1.97. The molecule has 2 aromatic rings. The molecule has 15 N–H and O–H groups in total. The fourth-order valence-corrected chi connectivity index (χ4v) is 12.2. The van der Waals surface area contributed by atoms with E-state index in [2.05, 4.69) is 72.3 Å². The normalized spacial score (nSPS) is 20.4. The van der Waals surface area contributed by atoms with Gasteiger partial charge in [-0.3, -0.25) is 62.4 Å². The molecule has 2 heterocycles. The number of nitrogens with zero attached hydrogens (tertiary/aromatic N) is 2. The van der Waals surface area contributed by atoms with E-state index >= 15 is 0 Å². The Morgan fingerprint density at radius 3 is 1.77 bits per heavy atom. The SMILES string of the molecule is [CH2-]C(=O)NCCN(CCNC([CH2-])=O)CC(=O)NCCOCCOCC(=O)NC(CC(C)C)C(=O)N1CCC[C@H]1C(=O)N[C@H]1CSSC[C@@H](C(C)=O)NC(=O)[C@H](C(C)O)NC(=O)CNC(=O)[C@H](Cc2ccc(O)cc2)NC(=O)[C@H](Cc2ccc(O)cc2)NC(=O)[C@H](CC(=O)O)NC1=O.[Gd].[Gd]. The summed E-state index contributed by atoms with van der Waals surface area (Å²) in [4.78, 5) is 190. The van der Waals surface area contributed by atoms with Crippen molar-refractivity contribution in [1.82, 2.24) is 68.3 Å². The Morgan fingerprint density at radius 1 is 0.677 bits per heavy atom. The molecule has 2 aromatic carbocycles. The zero-order chi connectivity index (χ0) is 71.7. The molecule has 0 saturated carbocycles. The molecular weight excluding hydrogens is 1630 g/mol. The van der Waals surface area contributed by atoms with Gasteiger partial charge in [0.1, 0.15) is 60.4 Å². The summed E-state index contributed by atoms with van der Waals surface area (Å²) in [5.41, 5.74) is 0.721. The van der Waals surface area contributed by atoms with E-state index in [1.807, 2.05) is 13.8 Å². The summed E-state index contributed by atoms with van der Waals surface area (Å²) in [5, 5.41) is 68.5. The molecular formula is C62H89Gd2N13O20S2-2. The van der Waals surface area contributed by atoms with Crippen LogP contribution in [0.4, 0.5) is 0 Å². The van der Waals surface area contributed by atoms with Crippen LogP contribution in [0.5, 0.6) is 11.5 Å². The fourth-order valence-electron chi connectivity index (χ4n) is 9.80. The number of rotatable bonds is 30. The quantitative estimate of drug-likeness (QED) is 0.0200. The molecule has 33 nitrogen and oxygen atoms in total. The molecule has 2 fully saturated rings. The summed E-state index contributed by atoms with van der Waals surface area (Å²) in [7, 11) is 1.82. The minimum absolute atomic E-state index is 0. The van der Waals surface area contributed by atoms with Gasteiger partial charge in [-0.05, 0) is 74.4 Å². The Morgan fingerprint density at radius 2 is 1.22 bits per heavy atom. The maximum Gasteiger partial charge on any atom is 0.305 e. The number of hydrogen-bond acceptors (Lipinski definition) is 22. The smallest absolute Gasteiger partial charge is 0.305 e. The van der Waals surface area contributed by atoms with Crippen LogP contribution >= 0.6 is 21.6 Å². The van der Waals surface area contributed by atoms with Crippen molar-refractivity contribution >= 4 is 104 Å². The van der Waals surface area contributed by atoms with Gasteiger partial charge >= 0.3 is 5.97 Å². The second-order valence-electron chi connectivity index (χ2n) is 23.3. The molecule has 99 heavy (non-hydrogen) atoms. The van der Waals surface area contributed by atoms with Gasteiger partial charge in [-0.15, -0.1) is 0 Å². The van der Waals surface area contributed by atoms with Crippen molar-refractivity contribution in [2.45, 2.75) is 121 Å². The Balaban J connectivity index is 0.0000167. The van der Waals surface area contributed by atoms with Gasteiger partial charge in [0.15, 0.2) is 5.78 Å². The van der Waals surface area contributed by atoms with Gasteiger partial charge in [0.2, 0.25) is 59.1 Å². The number of benzene rings is 2. The van der Waals surface area contributed by atoms with E-state index in [9.17, 15) is 87.5 Å². The first-order valence-corrected chi connectivity index (χ1v) is 33.7. The third kappa shape index (κ3) is 34.3. The number of nitrogens with one attached hydrogen (secondary N) is 11. The van der Waals surface area contributed by atoms with Gasteiger partial charge in [0.05, 0.1) is 63.3 Å². The Kier molecular flexibility index (Phi) is 42.2. The fraction of sp³-hybridized carbons (Fsp3) is 0.548. The Bertz CT molecular complexity index is 3030. The van der Waals surface area contributed by atoms with Gasteiger partial charge in [0, 0.05) is 143 Å². The first-order valence-electron chi connectivity index (χ1n) is 31.2. The largest absolute Gasteiger partial charge is 0.508 e. The summed E-state index contributed by atoms with van der Waals surface area (Å²) >= 11 is 0. The number of likely N-dealkylation sites (tertiary alicyclic amines) is 1. The number of ketones is 1. The van der Waals surface area contributed by atoms with Crippen LogP contribution in [0.25, 0.3) is 0 Å². The predicted octanol–water partition coefficient (Wildman–Crippen LogP) is -4.38. The molecule has 4 rings (SSSR count). The number of carbonyl (C=O) groups excluding carboxylic acids is 13. The van der Waals surface area contributed by atoms with E-state index in [-0.39, 0.29) is 193 Å². The van der Waals surface area contributed by atoms with Crippen molar-refractivity contribution in [3.8, 4) is 11.5 Å². The van der Waals surface area contributed by atoms with Crippen molar-refractivity contribution in [3.63, 3.8) is 0 Å². The number of carboxylic acids is 1. The van der Waals surface area contributed by atoms with Crippen molar-refractivity contribution in [2.75, 3.05) is 90.3 Å². The third-order valence-electron chi connectivity index (χ3n) is 14.7. The molecule has 0 aromatic heterocycles. The van der Waals surface area contributed by atoms with Crippen molar-refractivity contribution in [2.24, 2.45) is 5.92 Å². The van der Waals surface area contributed by atoms with Crippen molar-refractivity contribution in [1.29, 1.82) is 0 Å². The van der Waals surface area contributed by atoms with Gasteiger partial charge in [-0.1, -0.05) is 59.7 Å². The van der Waals surface area contributed by atoms with E-state index in [1.54, 1.807) is 4.90 Å². The molecule has 2 saturated heterocycles. The van der Waals surface area contributed by atoms with E-state index in [0.29, 0.717) is 30.6 Å².